The third-order valence-corrected chi connectivity index (χ3v) is 12.1. The number of carbonyl (C=O) groups is 1. The first-order chi connectivity index (χ1) is 21.5. The van der Waals surface area contributed by atoms with Gasteiger partial charge < -0.3 is 40.5 Å². The molecule has 23 heteroatoms. The van der Waals surface area contributed by atoms with Crippen LogP contribution in [-0.2, 0) is 61.1 Å². The first-order valence-corrected chi connectivity index (χ1v) is 20.2. The Morgan fingerprint density at radius 3 is 2.17 bits per heavy atom. The summed E-state index contributed by atoms with van der Waals surface area (Å²) in [7, 11) is -21.1. The van der Waals surface area contributed by atoms with Gasteiger partial charge in [0.15, 0.2) is 0 Å². The number of benzene rings is 1. The molecule has 2 aliphatic rings. The molecular weight excluding hydrogens is 700 g/mol. The fourth-order valence-electron chi connectivity index (χ4n) is 4.70. The van der Waals surface area contributed by atoms with Crippen LogP contribution in [0.15, 0.2) is 30.3 Å². The summed E-state index contributed by atoms with van der Waals surface area (Å²) in [5, 5.41) is 12.4. The molecule has 1 saturated heterocycles. The number of ether oxygens (including phenoxy) is 1. The monoisotopic (exact) mass is 740 g/mol. The molecule has 1 aliphatic heterocycles. The molecule has 1 aromatic carbocycles. The van der Waals surface area contributed by atoms with Gasteiger partial charge in [-0.2, -0.15) is 8.62 Å². The maximum Gasteiger partial charge on any atom is 0.490 e. The van der Waals surface area contributed by atoms with Crippen LogP contribution >= 0.6 is 31.3 Å². The molecular formula is C23H40N2O17P4. The van der Waals surface area contributed by atoms with Crippen molar-refractivity contribution in [3.8, 4) is 0 Å². The van der Waals surface area contributed by atoms with Crippen molar-refractivity contribution in [2.75, 3.05) is 26.4 Å². The van der Waals surface area contributed by atoms with E-state index in [0.29, 0.717) is 5.56 Å². The fourth-order valence-corrected chi connectivity index (χ4v) is 8.94. The lowest BCUT2D eigenvalue weighted by Gasteiger charge is -2.27. The quantitative estimate of drug-likeness (QED) is 0.0790. The molecule has 19 nitrogen and oxygen atoms in total. The van der Waals surface area contributed by atoms with Crippen LogP contribution < -0.4 is 11.1 Å². The number of hydrogen-bond acceptors (Lipinski definition) is 14. The maximum atomic E-state index is 12.2. The van der Waals surface area contributed by atoms with Gasteiger partial charge >= 0.3 is 31.3 Å². The van der Waals surface area contributed by atoms with E-state index >= 15 is 0 Å². The summed E-state index contributed by atoms with van der Waals surface area (Å²) in [6.07, 6.45) is 3.02. The van der Waals surface area contributed by atoms with Gasteiger partial charge in [0, 0.05) is 13.0 Å². The van der Waals surface area contributed by atoms with Crippen LogP contribution in [0.4, 0.5) is 0 Å². The van der Waals surface area contributed by atoms with Crippen molar-refractivity contribution in [1.82, 2.24) is 5.32 Å². The van der Waals surface area contributed by atoms with E-state index in [-0.39, 0.29) is 25.0 Å². The number of aliphatic hydroxyl groups excluding tert-OH is 1. The number of aliphatic hydroxyl groups is 1. The molecule has 0 spiro atoms. The van der Waals surface area contributed by atoms with E-state index in [9.17, 15) is 47.7 Å². The van der Waals surface area contributed by atoms with Crippen LogP contribution in [0, 0.1) is 5.92 Å². The number of phosphoric acid groups is 4. The van der Waals surface area contributed by atoms with Gasteiger partial charge in [-0.3, -0.25) is 22.9 Å². The van der Waals surface area contributed by atoms with Crippen molar-refractivity contribution in [3.63, 3.8) is 0 Å². The second-order valence-corrected chi connectivity index (χ2v) is 16.6. The van der Waals surface area contributed by atoms with Crippen LogP contribution in [0.1, 0.15) is 44.1 Å². The predicted octanol–water partition coefficient (Wildman–Crippen LogP) is 2.23. The maximum absolute atomic E-state index is 12.2. The van der Waals surface area contributed by atoms with Crippen molar-refractivity contribution in [2.45, 2.75) is 69.5 Å². The standard InChI is InChI=1S/C23H40N2O17P4/c24-19(15-38-43(28,29)37-14-17-7-3-1-4-8-17)23(27)25-11-12-36-44(30,31)41-46(34,35)42-45(32,33)39-16-22-20(26)13-21(40-22)18-9-5-2-6-10-18/h1,3-4,7-8,18-22,26H,2,5-6,9-16,24H2,(H,25,27)(H,28,29)(H,30,31)(H,32,33)(H,34,35)/t19?,20?,21-,22-/m1/s1. The summed E-state index contributed by atoms with van der Waals surface area (Å²) in [6.45, 7) is -2.97. The van der Waals surface area contributed by atoms with Gasteiger partial charge in [0.25, 0.3) is 0 Å². The molecule has 6 unspecified atom stereocenters. The summed E-state index contributed by atoms with van der Waals surface area (Å²) in [5.41, 5.74) is 6.18. The van der Waals surface area contributed by atoms with Crippen molar-refractivity contribution < 1.29 is 79.2 Å². The minimum atomic E-state index is -5.75. The number of nitrogens with two attached hydrogens (primary N) is 1. The Morgan fingerprint density at radius 2 is 1.52 bits per heavy atom. The second kappa shape index (κ2) is 17.7. The van der Waals surface area contributed by atoms with Gasteiger partial charge in [0.1, 0.15) is 12.1 Å². The zero-order valence-corrected chi connectivity index (χ0v) is 28.1. The van der Waals surface area contributed by atoms with E-state index < -0.39 is 81.8 Å². The molecule has 1 saturated carbocycles. The molecule has 264 valence electrons. The third kappa shape index (κ3) is 14.3. The fraction of sp³-hybridized carbons (Fsp3) is 0.696. The van der Waals surface area contributed by atoms with Gasteiger partial charge in [-0.25, -0.2) is 18.3 Å². The summed E-state index contributed by atoms with van der Waals surface area (Å²) >= 11 is 0. The van der Waals surface area contributed by atoms with Crippen LogP contribution in [-0.4, -0.2) is 81.3 Å². The Kier molecular flexibility index (Phi) is 15.2. The number of hydrogen-bond donors (Lipinski definition) is 7. The molecule has 1 aromatic rings. The van der Waals surface area contributed by atoms with E-state index in [2.05, 4.69) is 23.0 Å². The minimum absolute atomic E-state index is 0.228. The molecule has 8 atom stereocenters. The molecule has 0 aromatic heterocycles. The van der Waals surface area contributed by atoms with Crippen molar-refractivity contribution in [1.29, 1.82) is 0 Å². The van der Waals surface area contributed by atoms with E-state index in [1.807, 2.05) is 0 Å². The number of carbonyl (C=O) groups excluding carboxylic acids is 1. The third-order valence-electron chi connectivity index (χ3n) is 6.89. The highest BCUT2D eigenvalue weighted by Crippen LogP contribution is 2.67. The average molecular weight is 740 g/mol. The van der Waals surface area contributed by atoms with E-state index in [1.54, 1.807) is 30.3 Å². The summed E-state index contributed by atoms with van der Waals surface area (Å²) in [4.78, 5) is 51.1. The number of nitrogens with one attached hydrogen (secondary N) is 1. The highest BCUT2D eigenvalue weighted by atomic mass is 31.3. The Hall–Kier alpha value is -0.910. The highest BCUT2D eigenvalue weighted by Gasteiger charge is 2.44. The van der Waals surface area contributed by atoms with Gasteiger partial charge in [-0.05, 0) is 24.3 Å². The first kappa shape index (κ1) is 39.5. The summed E-state index contributed by atoms with van der Waals surface area (Å²) in [6, 6.07) is 6.95. The topological polar surface area (TPSA) is 289 Å². The lowest BCUT2D eigenvalue weighted by Crippen LogP contribution is -2.44. The zero-order chi connectivity index (χ0) is 34.0. The lowest BCUT2D eigenvalue weighted by molar-refractivity contribution is -0.123. The largest absolute Gasteiger partial charge is 0.490 e. The van der Waals surface area contributed by atoms with E-state index in [0.717, 1.165) is 32.1 Å². The molecule has 3 rings (SSSR count). The van der Waals surface area contributed by atoms with Crippen molar-refractivity contribution >= 4 is 37.2 Å². The minimum Gasteiger partial charge on any atom is -0.390 e. The SMILES string of the molecule is NC(COP(=O)(O)OCc1ccccc1)C(=O)NCCOP(=O)(O)OP(=O)(O)OP(=O)(O)OC[C@H]1O[C@@H](C2CCCCC2)CC1O. The normalized spacial score (nSPS) is 26.7. The Morgan fingerprint density at radius 1 is 0.891 bits per heavy atom. The van der Waals surface area contributed by atoms with Gasteiger partial charge in [0.2, 0.25) is 5.91 Å². The average Bonchev–Trinajstić information content (AvgIpc) is 3.36. The summed E-state index contributed by atoms with van der Waals surface area (Å²) < 4.78 is 80.8. The van der Waals surface area contributed by atoms with E-state index in [4.69, 9.17) is 19.5 Å². The molecule has 1 heterocycles. The Labute approximate surface area is 265 Å². The highest BCUT2D eigenvalue weighted by molar-refractivity contribution is 7.66. The summed E-state index contributed by atoms with van der Waals surface area (Å²) in [5.74, 6) is -0.706. The Bertz CT molecular complexity index is 1320. The van der Waals surface area contributed by atoms with Crippen LogP contribution in [0.2, 0.25) is 0 Å². The van der Waals surface area contributed by atoms with Crippen LogP contribution in [0.5, 0.6) is 0 Å². The number of rotatable bonds is 19. The number of phosphoric ester groups is 3. The molecule has 1 aliphatic carbocycles. The van der Waals surface area contributed by atoms with Crippen molar-refractivity contribution in [2.24, 2.45) is 11.7 Å². The van der Waals surface area contributed by atoms with Crippen LogP contribution in [0.3, 0.4) is 0 Å². The molecule has 2 fully saturated rings. The lowest BCUT2D eigenvalue weighted by atomic mass is 9.84. The number of amides is 1. The molecule has 0 bridgehead atoms. The smallest absolute Gasteiger partial charge is 0.390 e. The Balaban J connectivity index is 1.34. The second-order valence-electron chi connectivity index (χ2n) is 10.5. The van der Waals surface area contributed by atoms with Gasteiger partial charge in [-0.15, -0.1) is 0 Å². The molecule has 0 radical (unpaired) electrons. The molecule has 8 N–H and O–H groups in total. The molecule has 46 heavy (non-hydrogen) atoms. The van der Waals surface area contributed by atoms with Gasteiger partial charge in [0.05, 0.1) is 38.6 Å². The van der Waals surface area contributed by atoms with Crippen molar-refractivity contribution in [3.05, 3.63) is 35.9 Å². The zero-order valence-electron chi connectivity index (χ0n) is 24.6. The molecule has 1 amide bonds. The van der Waals surface area contributed by atoms with Crippen LogP contribution in [0.25, 0.3) is 0 Å². The van der Waals surface area contributed by atoms with Gasteiger partial charge in [-0.1, -0.05) is 49.6 Å². The first-order valence-electron chi connectivity index (χ1n) is 14.2. The van der Waals surface area contributed by atoms with E-state index in [1.165, 1.54) is 0 Å². The predicted molar refractivity (Wildman–Crippen MR) is 157 cm³/mol.